The molecule has 0 aliphatic heterocycles. The number of hydrogen-bond acceptors (Lipinski definition) is 0. The summed E-state index contributed by atoms with van der Waals surface area (Å²) in [4.78, 5) is 0. The molecule has 101 valence electrons. The second-order valence-electron chi connectivity index (χ2n) is 4.49. The van der Waals surface area contributed by atoms with Gasteiger partial charge >= 0.3 is 40.5 Å². The molecular weight excluding hydrogens is 393 g/mol. The first-order valence-corrected chi connectivity index (χ1v) is 21.1. The predicted molar refractivity (Wildman–Crippen MR) is 84.3 cm³/mol. The minimum Gasteiger partial charge on any atom is -0.0654 e. The minimum absolute atomic E-state index is 0.250. The third-order valence-corrected chi connectivity index (χ3v) is 2.85. The molecule has 0 saturated heterocycles. The fraction of sp³-hybridized carbons (Fsp3) is 0.929. The quantitative estimate of drug-likeness (QED) is 0.244. The molecule has 0 spiro atoms. The summed E-state index contributed by atoms with van der Waals surface area (Å²) in [6, 6.07) is 0. The molecule has 0 amide bonds. The molecule has 0 fully saturated rings. The molecule has 0 saturated carbocycles. The Labute approximate surface area is 130 Å². The van der Waals surface area contributed by atoms with Crippen molar-refractivity contribution in [1.29, 1.82) is 0 Å². The normalized spacial score (nSPS) is 9.41. The van der Waals surface area contributed by atoms with Gasteiger partial charge in [-0.25, -0.2) is 0 Å². The van der Waals surface area contributed by atoms with Crippen LogP contribution < -0.4 is 0 Å². The topological polar surface area (TPSA) is 0 Å². The summed E-state index contributed by atoms with van der Waals surface area (Å²) in [5.41, 5.74) is 0. The van der Waals surface area contributed by atoms with Gasteiger partial charge in [0.2, 0.25) is 0 Å². The van der Waals surface area contributed by atoms with Gasteiger partial charge in [-0.3, -0.25) is 0 Å². The van der Waals surface area contributed by atoms with Crippen molar-refractivity contribution >= 4 is 27.2 Å². The maximum Gasteiger partial charge on any atom is -0.0533 e. The van der Waals surface area contributed by atoms with Crippen molar-refractivity contribution in [2.45, 2.75) is 84.0 Å². The standard InChI is InChI=1S/C14H29.2BrH.Zn/c1-3-5-7-9-11-13-14-12-10-8-6-4-2;;;/h1,3-14H2,2H3;2*1H;/q;;;+2/p-2. The molecule has 0 aromatic heterocycles. The molecule has 0 nitrogen and oxygen atoms in total. The second-order valence-corrected chi connectivity index (χ2v) is 18.6. The first-order valence-electron chi connectivity index (χ1n) is 7.24. The van der Waals surface area contributed by atoms with Crippen LogP contribution >= 0.6 is 27.2 Å². The predicted octanol–water partition coefficient (Wildman–Crippen LogP) is 7.21. The Hall–Kier alpha value is 1.58. The molecule has 0 rings (SSSR count). The number of unbranched alkanes of at least 4 members (excludes halogenated alkanes) is 11. The average Bonchev–Trinajstić information content (AvgIpc) is 2.33. The zero-order chi connectivity index (χ0) is 13.2. The Morgan fingerprint density at radius 1 is 0.706 bits per heavy atom. The van der Waals surface area contributed by atoms with Gasteiger partial charge in [0, 0.05) is 0 Å². The maximum atomic E-state index is 3.86. The van der Waals surface area contributed by atoms with Crippen LogP contribution in [0.15, 0.2) is 0 Å². The Balaban J connectivity index is 0. The molecule has 0 unspecified atom stereocenters. The molecule has 0 heterocycles. The summed E-state index contributed by atoms with van der Waals surface area (Å²) in [5.74, 6) is 0. The van der Waals surface area contributed by atoms with E-state index < -0.39 is 0 Å². The van der Waals surface area contributed by atoms with E-state index in [2.05, 4.69) is 41.1 Å². The maximum absolute atomic E-state index is 3.86. The average molecular weight is 423 g/mol. The number of rotatable bonds is 11. The number of hydrogen-bond donors (Lipinski definition) is 0. The van der Waals surface area contributed by atoms with Crippen LogP contribution in [-0.4, -0.2) is 0 Å². The molecule has 0 atom stereocenters. The first-order chi connectivity index (χ1) is 8.33. The molecule has 0 aliphatic carbocycles. The Morgan fingerprint density at radius 3 is 1.29 bits per heavy atom. The monoisotopic (exact) mass is 419 g/mol. The van der Waals surface area contributed by atoms with Crippen LogP contribution in [0.25, 0.3) is 0 Å². The zero-order valence-corrected chi connectivity index (χ0v) is 17.8. The van der Waals surface area contributed by atoms with E-state index in [4.69, 9.17) is 0 Å². The van der Waals surface area contributed by atoms with Crippen LogP contribution in [0.1, 0.15) is 84.0 Å². The van der Waals surface area contributed by atoms with Crippen LogP contribution in [-0.2, 0) is 13.2 Å². The van der Waals surface area contributed by atoms with E-state index in [0.717, 1.165) is 6.42 Å². The Kier molecular flexibility index (Phi) is 27.9. The Morgan fingerprint density at radius 2 is 1.00 bits per heavy atom. The third kappa shape index (κ3) is 27.0. The van der Waals surface area contributed by atoms with Crippen molar-refractivity contribution in [2.75, 3.05) is 0 Å². The van der Waals surface area contributed by atoms with E-state index in [-0.39, 0.29) is 13.2 Å². The van der Waals surface area contributed by atoms with Gasteiger partial charge in [-0.2, -0.15) is 0 Å². The van der Waals surface area contributed by atoms with Crippen LogP contribution in [0, 0.1) is 6.92 Å². The fourth-order valence-corrected chi connectivity index (χ4v) is 1.84. The van der Waals surface area contributed by atoms with Gasteiger partial charge in [-0.1, -0.05) is 90.9 Å². The van der Waals surface area contributed by atoms with Gasteiger partial charge < -0.3 is 0 Å². The SMILES string of the molecule is [Br][Zn][Br].[CH2]CCCCCCCCCCCCC. The van der Waals surface area contributed by atoms with Crippen molar-refractivity contribution in [3.63, 3.8) is 0 Å². The van der Waals surface area contributed by atoms with E-state index in [0.29, 0.717) is 0 Å². The first kappa shape index (κ1) is 20.9. The molecule has 0 bridgehead atoms. The van der Waals surface area contributed by atoms with Crippen LogP contribution in [0.3, 0.4) is 0 Å². The molecule has 17 heavy (non-hydrogen) atoms. The van der Waals surface area contributed by atoms with E-state index in [1.807, 2.05) is 0 Å². The summed E-state index contributed by atoms with van der Waals surface area (Å²) in [6.07, 6.45) is 16.9. The molecule has 0 aliphatic rings. The van der Waals surface area contributed by atoms with Crippen LogP contribution in [0.5, 0.6) is 0 Å². The van der Waals surface area contributed by atoms with Crippen molar-refractivity contribution in [1.82, 2.24) is 0 Å². The minimum atomic E-state index is -0.250. The van der Waals surface area contributed by atoms with E-state index in [1.54, 1.807) is 0 Å². The van der Waals surface area contributed by atoms with Crippen molar-refractivity contribution in [3.8, 4) is 0 Å². The van der Waals surface area contributed by atoms with Crippen molar-refractivity contribution in [2.24, 2.45) is 0 Å². The van der Waals surface area contributed by atoms with Gasteiger partial charge in [0.25, 0.3) is 0 Å². The van der Waals surface area contributed by atoms with E-state index >= 15 is 0 Å². The molecular formula is C14H29Br2Zn. The molecule has 0 N–H and O–H groups in total. The summed E-state index contributed by atoms with van der Waals surface area (Å²) in [6.45, 7) is 6.14. The summed E-state index contributed by atoms with van der Waals surface area (Å²) in [7, 11) is 0. The summed E-state index contributed by atoms with van der Waals surface area (Å²) in [5, 5.41) is 0. The van der Waals surface area contributed by atoms with Gasteiger partial charge in [0.1, 0.15) is 0 Å². The van der Waals surface area contributed by atoms with Gasteiger partial charge in [-0.05, 0) is 0 Å². The van der Waals surface area contributed by atoms with E-state index in [1.165, 1.54) is 70.6 Å². The van der Waals surface area contributed by atoms with Gasteiger partial charge in [-0.15, -0.1) is 0 Å². The summed E-state index contributed by atoms with van der Waals surface area (Å²) >= 11 is 6.25. The van der Waals surface area contributed by atoms with Crippen molar-refractivity contribution < 1.29 is 13.2 Å². The largest absolute Gasteiger partial charge is 0.0654 e. The zero-order valence-electron chi connectivity index (χ0n) is 11.7. The summed E-state index contributed by atoms with van der Waals surface area (Å²) < 4.78 is 0. The van der Waals surface area contributed by atoms with Gasteiger partial charge in [0.05, 0.1) is 0 Å². The third-order valence-electron chi connectivity index (χ3n) is 2.85. The Bertz CT molecular complexity index is 98.4. The number of halogens is 2. The van der Waals surface area contributed by atoms with Crippen LogP contribution in [0.4, 0.5) is 0 Å². The van der Waals surface area contributed by atoms with Crippen molar-refractivity contribution in [3.05, 3.63) is 6.92 Å². The molecule has 1 radical (unpaired) electrons. The van der Waals surface area contributed by atoms with Crippen LogP contribution in [0.2, 0.25) is 0 Å². The molecule has 0 aromatic rings. The molecule has 3 heteroatoms. The van der Waals surface area contributed by atoms with E-state index in [9.17, 15) is 0 Å². The van der Waals surface area contributed by atoms with Gasteiger partial charge in [0.15, 0.2) is 0 Å². The second kappa shape index (κ2) is 22.7. The fourth-order valence-electron chi connectivity index (χ4n) is 1.84. The smallest absolute Gasteiger partial charge is 0.0533 e. The molecule has 0 aromatic carbocycles.